The quantitative estimate of drug-likeness (QED) is 0.563. The lowest BCUT2D eigenvalue weighted by atomic mass is 10.5. The lowest BCUT2D eigenvalue weighted by Crippen LogP contribution is -2.14. The van der Waals surface area contributed by atoms with E-state index in [1.54, 1.807) is 7.11 Å². The molecule has 0 rings (SSSR count). The zero-order valence-corrected chi connectivity index (χ0v) is 13.9. The number of thioether (sulfide) groups is 2. The van der Waals surface area contributed by atoms with Gasteiger partial charge in [-0.1, -0.05) is 0 Å². The second-order valence-electron chi connectivity index (χ2n) is 3.59. The highest BCUT2D eigenvalue weighted by Crippen LogP contribution is 2.28. The molecule has 0 amide bonds. The Hall–Kier alpha value is 0.440. The Kier molecular flexibility index (Phi) is 9.62. The molecule has 0 spiro atoms. The van der Waals surface area contributed by atoms with E-state index in [4.69, 9.17) is 38.6 Å². The fraction of sp³-hybridized carbons (Fsp3) is 0.800. The van der Waals surface area contributed by atoms with E-state index in [1.807, 2.05) is 27.7 Å². The van der Waals surface area contributed by atoms with E-state index < -0.39 is 0 Å². The van der Waals surface area contributed by atoms with Crippen molar-refractivity contribution in [2.45, 2.75) is 44.7 Å². The SMILES string of the molecule is COC(SC(=S)OC(C)C)SC(=S)OC(C)C. The highest BCUT2D eigenvalue weighted by molar-refractivity contribution is 8.35. The molecule has 17 heavy (non-hydrogen) atoms. The third kappa shape index (κ3) is 10.1. The summed E-state index contributed by atoms with van der Waals surface area (Å²) < 4.78 is 16.6. The zero-order valence-electron chi connectivity index (χ0n) is 10.6. The van der Waals surface area contributed by atoms with Gasteiger partial charge in [-0.15, -0.1) is 0 Å². The topological polar surface area (TPSA) is 27.7 Å². The lowest BCUT2D eigenvalue weighted by molar-refractivity contribution is 0.227. The van der Waals surface area contributed by atoms with Crippen molar-refractivity contribution >= 4 is 56.7 Å². The summed E-state index contributed by atoms with van der Waals surface area (Å²) in [6.45, 7) is 7.70. The molecular formula is C10H18O3S4. The first kappa shape index (κ1) is 17.4. The van der Waals surface area contributed by atoms with Crippen molar-refractivity contribution in [1.29, 1.82) is 0 Å². The van der Waals surface area contributed by atoms with Gasteiger partial charge in [-0.2, -0.15) is 0 Å². The first-order chi connectivity index (χ1) is 7.85. The molecule has 0 aromatic carbocycles. The maximum Gasteiger partial charge on any atom is 0.223 e. The molecule has 0 atom stereocenters. The van der Waals surface area contributed by atoms with Crippen LogP contribution < -0.4 is 0 Å². The van der Waals surface area contributed by atoms with Crippen molar-refractivity contribution in [3.8, 4) is 0 Å². The van der Waals surface area contributed by atoms with Gasteiger partial charge in [0, 0.05) is 7.11 Å². The van der Waals surface area contributed by atoms with Crippen LogP contribution in [-0.2, 0) is 14.2 Å². The van der Waals surface area contributed by atoms with Gasteiger partial charge in [0.1, 0.15) is 0 Å². The fourth-order valence-electron chi connectivity index (χ4n) is 0.718. The molecule has 0 saturated carbocycles. The van der Waals surface area contributed by atoms with E-state index in [9.17, 15) is 0 Å². The van der Waals surface area contributed by atoms with Crippen molar-refractivity contribution < 1.29 is 14.2 Å². The molecule has 0 N–H and O–H groups in total. The molecule has 3 nitrogen and oxygen atoms in total. The van der Waals surface area contributed by atoms with Crippen LogP contribution in [0, 0.1) is 0 Å². The van der Waals surface area contributed by atoms with Gasteiger partial charge in [0.25, 0.3) is 0 Å². The van der Waals surface area contributed by atoms with E-state index in [-0.39, 0.29) is 17.0 Å². The molecule has 0 aliphatic rings. The van der Waals surface area contributed by atoms with Gasteiger partial charge < -0.3 is 14.2 Å². The Morgan fingerprint density at radius 2 is 1.24 bits per heavy atom. The number of methoxy groups -OCH3 is 1. The number of ether oxygens (including phenoxy) is 3. The summed E-state index contributed by atoms with van der Waals surface area (Å²) in [7, 11) is 1.60. The Morgan fingerprint density at radius 1 is 0.882 bits per heavy atom. The first-order valence-corrected chi connectivity index (χ1v) is 7.70. The number of thiocarbonyl (C=S) groups is 2. The molecular weight excluding hydrogens is 296 g/mol. The predicted octanol–water partition coefficient (Wildman–Crippen LogP) is 3.80. The van der Waals surface area contributed by atoms with Crippen molar-refractivity contribution in [3.05, 3.63) is 0 Å². The van der Waals surface area contributed by atoms with Crippen LogP contribution in [0.2, 0.25) is 0 Å². The summed E-state index contributed by atoms with van der Waals surface area (Å²) in [5.74, 6) is 0. The Morgan fingerprint density at radius 3 is 1.47 bits per heavy atom. The smallest absolute Gasteiger partial charge is 0.223 e. The number of hydrogen-bond acceptors (Lipinski definition) is 7. The van der Waals surface area contributed by atoms with E-state index >= 15 is 0 Å². The minimum Gasteiger partial charge on any atom is -0.476 e. The van der Waals surface area contributed by atoms with Gasteiger partial charge in [0.2, 0.25) is 8.77 Å². The van der Waals surface area contributed by atoms with Gasteiger partial charge in [-0.3, -0.25) is 0 Å². The lowest BCUT2D eigenvalue weighted by Gasteiger charge is -2.17. The van der Waals surface area contributed by atoms with Crippen molar-refractivity contribution in [2.75, 3.05) is 7.11 Å². The van der Waals surface area contributed by atoms with Crippen LogP contribution in [0.15, 0.2) is 0 Å². The second kappa shape index (κ2) is 9.38. The molecule has 7 heteroatoms. The average molecular weight is 315 g/mol. The van der Waals surface area contributed by atoms with E-state index in [1.165, 1.54) is 23.5 Å². The maximum absolute atomic E-state index is 5.36. The molecule has 0 bridgehead atoms. The monoisotopic (exact) mass is 314 g/mol. The highest BCUT2D eigenvalue weighted by atomic mass is 32.2. The molecule has 0 aliphatic carbocycles. The third-order valence-electron chi connectivity index (χ3n) is 1.24. The number of rotatable bonds is 5. The van der Waals surface area contributed by atoms with Crippen molar-refractivity contribution in [2.24, 2.45) is 0 Å². The summed E-state index contributed by atoms with van der Waals surface area (Å²) in [6.07, 6.45) is 0.132. The fourth-order valence-corrected chi connectivity index (χ4v) is 3.71. The average Bonchev–Trinajstić information content (AvgIpc) is 2.13. The first-order valence-electron chi connectivity index (χ1n) is 5.12. The van der Waals surface area contributed by atoms with Crippen LogP contribution in [0.5, 0.6) is 0 Å². The standard InChI is InChI=1S/C10H18O3S4/c1-6(2)12-8(14)16-10(11-5)17-9(15)13-7(3)4/h6-7,10H,1-5H3. The molecule has 0 radical (unpaired) electrons. The summed E-state index contributed by atoms with van der Waals surface area (Å²) in [4.78, 5) is 0. The zero-order chi connectivity index (χ0) is 13.4. The minimum atomic E-state index is -0.243. The predicted molar refractivity (Wildman–Crippen MR) is 83.6 cm³/mol. The second-order valence-corrected chi connectivity index (χ2v) is 7.22. The molecule has 0 aromatic rings. The van der Waals surface area contributed by atoms with Gasteiger partial charge in [-0.25, -0.2) is 0 Å². The van der Waals surface area contributed by atoms with Crippen LogP contribution in [0.1, 0.15) is 27.7 Å². The van der Waals surface area contributed by atoms with E-state index in [0.717, 1.165) is 0 Å². The molecule has 0 aromatic heterocycles. The van der Waals surface area contributed by atoms with Crippen LogP contribution in [0.3, 0.4) is 0 Å². The van der Waals surface area contributed by atoms with Crippen LogP contribution in [0.25, 0.3) is 0 Å². The van der Waals surface area contributed by atoms with Crippen LogP contribution >= 0.6 is 48.0 Å². The Labute approximate surface area is 122 Å². The van der Waals surface area contributed by atoms with Crippen molar-refractivity contribution in [1.82, 2.24) is 0 Å². The summed E-state index contributed by atoms with van der Waals surface area (Å²) >= 11 is 12.8. The Balaban J connectivity index is 4.07. The molecule has 0 heterocycles. The Bertz CT molecular complexity index is 232. The molecule has 0 unspecified atom stereocenters. The van der Waals surface area contributed by atoms with Crippen LogP contribution in [-0.4, -0.2) is 32.9 Å². The molecule has 0 fully saturated rings. The third-order valence-corrected chi connectivity index (χ3v) is 3.94. The van der Waals surface area contributed by atoms with Gasteiger partial charge in [-0.05, 0) is 75.7 Å². The normalized spacial score (nSPS) is 11.1. The largest absolute Gasteiger partial charge is 0.476 e. The van der Waals surface area contributed by atoms with Crippen molar-refractivity contribution in [3.63, 3.8) is 0 Å². The molecule has 0 saturated heterocycles. The van der Waals surface area contributed by atoms with Crippen LogP contribution in [0.4, 0.5) is 0 Å². The highest BCUT2D eigenvalue weighted by Gasteiger charge is 2.17. The molecule has 100 valence electrons. The summed E-state index contributed by atoms with van der Waals surface area (Å²) in [6, 6.07) is 0. The van der Waals surface area contributed by atoms with Gasteiger partial charge in [0.05, 0.1) is 12.2 Å². The van der Waals surface area contributed by atoms with Gasteiger partial charge >= 0.3 is 0 Å². The van der Waals surface area contributed by atoms with E-state index in [0.29, 0.717) is 8.77 Å². The van der Waals surface area contributed by atoms with Gasteiger partial charge in [0.15, 0.2) is 4.77 Å². The number of hydrogen-bond donors (Lipinski definition) is 0. The summed E-state index contributed by atoms with van der Waals surface area (Å²) in [5.41, 5.74) is 0. The minimum absolute atomic E-state index is 0.0661. The maximum atomic E-state index is 5.36. The molecule has 0 aliphatic heterocycles. The summed E-state index contributed by atoms with van der Waals surface area (Å²) in [5, 5.41) is 0. The van der Waals surface area contributed by atoms with E-state index in [2.05, 4.69) is 0 Å².